The molecule has 3 rings (SSSR count). The zero-order chi connectivity index (χ0) is 18.5. The summed E-state index contributed by atoms with van der Waals surface area (Å²) in [6.07, 6.45) is 0. The number of carbonyl (C=O) groups excluding carboxylic acids is 2. The molecule has 0 saturated heterocycles. The van der Waals surface area contributed by atoms with Gasteiger partial charge >= 0.3 is 0 Å². The number of rotatable bonds is 6. The van der Waals surface area contributed by atoms with Crippen LogP contribution in [0.3, 0.4) is 0 Å². The molecule has 2 aromatic heterocycles. The van der Waals surface area contributed by atoms with Gasteiger partial charge in [-0.15, -0.1) is 11.3 Å². The lowest BCUT2D eigenvalue weighted by Gasteiger charge is -2.14. The van der Waals surface area contributed by atoms with Crippen molar-refractivity contribution in [3.05, 3.63) is 70.0 Å². The third kappa shape index (κ3) is 4.37. The molecule has 134 valence electrons. The molecule has 0 fully saturated rings. The molecule has 2 heterocycles. The van der Waals surface area contributed by atoms with Crippen molar-refractivity contribution < 1.29 is 9.59 Å². The Morgan fingerprint density at radius 1 is 1.19 bits per heavy atom. The van der Waals surface area contributed by atoms with Gasteiger partial charge < -0.3 is 10.6 Å². The highest BCUT2D eigenvalue weighted by Crippen LogP contribution is 2.14. The van der Waals surface area contributed by atoms with Crippen LogP contribution in [-0.4, -0.2) is 27.6 Å². The van der Waals surface area contributed by atoms with Gasteiger partial charge in [0.25, 0.3) is 5.91 Å². The van der Waals surface area contributed by atoms with Crippen LogP contribution in [0.4, 0.5) is 5.82 Å². The number of nitrogens with one attached hydrogen (secondary N) is 2. The minimum atomic E-state index is -0.662. The number of hydrogen-bond donors (Lipinski definition) is 2. The molecule has 2 amide bonds. The summed E-state index contributed by atoms with van der Waals surface area (Å²) in [5.74, 6) is 0.0642. The first-order valence-corrected chi connectivity index (χ1v) is 9.14. The molecule has 1 unspecified atom stereocenters. The summed E-state index contributed by atoms with van der Waals surface area (Å²) >= 11 is 1.34. The van der Waals surface area contributed by atoms with Crippen molar-refractivity contribution in [2.75, 3.05) is 5.32 Å². The van der Waals surface area contributed by atoms with Gasteiger partial charge in [-0.05, 0) is 30.9 Å². The maximum Gasteiger partial charge on any atom is 0.261 e. The van der Waals surface area contributed by atoms with E-state index >= 15 is 0 Å². The monoisotopic (exact) mass is 368 g/mol. The molecule has 0 aliphatic carbocycles. The fourth-order valence-electron chi connectivity index (χ4n) is 2.50. The first-order valence-electron chi connectivity index (χ1n) is 8.26. The van der Waals surface area contributed by atoms with E-state index in [4.69, 9.17) is 0 Å². The Labute approximate surface area is 155 Å². The standard InChI is InChI=1S/C19H20N4O2S/c1-13-11-17(23(22-13)12-15-7-4-3-5-8-15)21-18(24)14(2)20-19(25)16-9-6-10-26-16/h3-11,14H,12H2,1-2H3,(H,20,25)(H,21,24). The number of hydrogen-bond acceptors (Lipinski definition) is 4. The minimum Gasteiger partial charge on any atom is -0.340 e. The fraction of sp³-hybridized carbons (Fsp3) is 0.211. The van der Waals surface area contributed by atoms with Crippen LogP contribution in [0.1, 0.15) is 27.9 Å². The predicted molar refractivity (Wildman–Crippen MR) is 102 cm³/mol. The van der Waals surface area contributed by atoms with Gasteiger partial charge in [0.05, 0.1) is 17.1 Å². The van der Waals surface area contributed by atoms with E-state index in [-0.39, 0.29) is 11.8 Å². The molecule has 0 radical (unpaired) electrons. The van der Waals surface area contributed by atoms with Crippen LogP contribution < -0.4 is 10.6 Å². The van der Waals surface area contributed by atoms with E-state index in [1.54, 1.807) is 23.7 Å². The van der Waals surface area contributed by atoms with Crippen LogP contribution in [-0.2, 0) is 11.3 Å². The third-order valence-electron chi connectivity index (χ3n) is 3.81. The summed E-state index contributed by atoms with van der Waals surface area (Å²) in [6, 6.07) is 14.6. The predicted octanol–water partition coefficient (Wildman–Crippen LogP) is 3.06. The average Bonchev–Trinajstić information content (AvgIpc) is 3.26. The molecule has 0 spiro atoms. The van der Waals surface area contributed by atoms with Gasteiger partial charge in [-0.25, -0.2) is 4.68 Å². The van der Waals surface area contributed by atoms with E-state index < -0.39 is 6.04 Å². The SMILES string of the molecule is Cc1cc(NC(=O)C(C)NC(=O)c2cccs2)n(Cc2ccccc2)n1. The first kappa shape index (κ1) is 17.9. The molecule has 0 aliphatic rings. The summed E-state index contributed by atoms with van der Waals surface area (Å²) in [6.45, 7) is 4.09. The van der Waals surface area contributed by atoms with E-state index in [2.05, 4.69) is 15.7 Å². The lowest BCUT2D eigenvalue weighted by atomic mass is 10.2. The molecule has 0 aliphatic heterocycles. The fourth-order valence-corrected chi connectivity index (χ4v) is 3.13. The zero-order valence-corrected chi connectivity index (χ0v) is 15.4. The van der Waals surface area contributed by atoms with Gasteiger partial charge in [-0.3, -0.25) is 9.59 Å². The number of aryl methyl sites for hydroxylation is 1. The second-order valence-corrected chi connectivity index (χ2v) is 6.92. The maximum atomic E-state index is 12.5. The Hall–Kier alpha value is -2.93. The molecule has 3 aromatic rings. The molecule has 6 nitrogen and oxygen atoms in total. The quantitative estimate of drug-likeness (QED) is 0.702. The van der Waals surface area contributed by atoms with Crippen molar-refractivity contribution in [1.82, 2.24) is 15.1 Å². The normalized spacial score (nSPS) is 11.8. The lowest BCUT2D eigenvalue weighted by Crippen LogP contribution is -2.41. The van der Waals surface area contributed by atoms with Crippen molar-refractivity contribution in [3.8, 4) is 0 Å². The van der Waals surface area contributed by atoms with E-state index in [9.17, 15) is 9.59 Å². The highest BCUT2D eigenvalue weighted by Gasteiger charge is 2.19. The molecule has 2 N–H and O–H groups in total. The van der Waals surface area contributed by atoms with Gasteiger partial charge in [0.15, 0.2) is 0 Å². The van der Waals surface area contributed by atoms with Crippen LogP contribution in [0.15, 0.2) is 53.9 Å². The Morgan fingerprint density at radius 2 is 1.96 bits per heavy atom. The zero-order valence-electron chi connectivity index (χ0n) is 14.6. The summed E-state index contributed by atoms with van der Waals surface area (Å²) in [4.78, 5) is 25.1. The van der Waals surface area contributed by atoms with Crippen molar-refractivity contribution in [2.45, 2.75) is 26.4 Å². The molecule has 0 saturated carbocycles. The summed E-state index contributed by atoms with van der Waals surface area (Å²) in [5, 5.41) is 11.8. The Balaban J connectivity index is 1.66. The molecule has 1 atom stereocenters. The molecule has 26 heavy (non-hydrogen) atoms. The summed E-state index contributed by atoms with van der Waals surface area (Å²) < 4.78 is 1.75. The number of amides is 2. The summed E-state index contributed by atoms with van der Waals surface area (Å²) in [5.41, 5.74) is 1.90. The van der Waals surface area contributed by atoms with Gasteiger partial charge in [0.2, 0.25) is 5.91 Å². The average molecular weight is 368 g/mol. The number of benzene rings is 1. The van der Waals surface area contributed by atoms with Gasteiger partial charge in [-0.1, -0.05) is 36.4 Å². The van der Waals surface area contributed by atoms with Crippen molar-refractivity contribution in [1.29, 1.82) is 0 Å². The van der Waals surface area contributed by atoms with Crippen LogP contribution in [0.25, 0.3) is 0 Å². The molecule has 0 bridgehead atoms. The number of nitrogens with zero attached hydrogens (tertiary/aromatic N) is 2. The van der Waals surface area contributed by atoms with Crippen molar-refractivity contribution in [2.24, 2.45) is 0 Å². The second-order valence-electron chi connectivity index (χ2n) is 5.98. The molecular formula is C19H20N4O2S. The van der Waals surface area contributed by atoms with Crippen LogP contribution >= 0.6 is 11.3 Å². The van der Waals surface area contributed by atoms with E-state index in [0.717, 1.165) is 11.3 Å². The third-order valence-corrected chi connectivity index (χ3v) is 4.68. The Morgan fingerprint density at radius 3 is 2.65 bits per heavy atom. The van der Waals surface area contributed by atoms with Gasteiger partial charge in [-0.2, -0.15) is 5.10 Å². The van der Waals surface area contributed by atoms with Gasteiger partial charge in [0.1, 0.15) is 11.9 Å². The largest absolute Gasteiger partial charge is 0.340 e. The molecule has 7 heteroatoms. The van der Waals surface area contributed by atoms with Crippen LogP contribution in [0, 0.1) is 6.92 Å². The van der Waals surface area contributed by atoms with Gasteiger partial charge in [0, 0.05) is 6.07 Å². The number of carbonyl (C=O) groups is 2. The molecular weight excluding hydrogens is 348 g/mol. The van der Waals surface area contributed by atoms with E-state index in [1.165, 1.54) is 11.3 Å². The second kappa shape index (κ2) is 7.97. The summed E-state index contributed by atoms with van der Waals surface area (Å²) in [7, 11) is 0. The van der Waals surface area contributed by atoms with Crippen LogP contribution in [0.2, 0.25) is 0 Å². The minimum absolute atomic E-state index is 0.253. The van der Waals surface area contributed by atoms with Crippen molar-refractivity contribution in [3.63, 3.8) is 0 Å². The highest BCUT2D eigenvalue weighted by molar-refractivity contribution is 7.12. The van der Waals surface area contributed by atoms with Crippen molar-refractivity contribution >= 4 is 29.0 Å². The Kier molecular flexibility index (Phi) is 5.48. The smallest absolute Gasteiger partial charge is 0.261 e. The maximum absolute atomic E-state index is 12.5. The Bertz CT molecular complexity index is 888. The van der Waals surface area contributed by atoms with E-state index in [0.29, 0.717) is 17.2 Å². The number of anilines is 1. The number of aromatic nitrogens is 2. The number of thiophene rings is 1. The highest BCUT2D eigenvalue weighted by atomic mass is 32.1. The van der Waals surface area contributed by atoms with E-state index in [1.807, 2.05) is 48.7 Å². The lowest BCUT2D eigenvalue weighted by molar-refractivity contribution is -0.117. The topological polar surface area (TPSA) is 76.0 Å². The van der Waals surface area contributed by atoms with Crippen LogP contribution in [0.5, 0.6) is 0 Å². The first-order chi connectivity index (χ1) is 12.5. The molecule has 1 aromatic carbocycles.